The fraction of sp³-hybridized carbons (Fsp3) is 0.542. The van der Waals surface area contributed by atoms with Crippen molar-refractivity contribution in [1.29, 1.82) is 0 Å². The highest BCUT2D eigenvalue weighted by atomic mass is 79.9. The Morgan fingerprint density at radius 1 is 1.17 bits per heavy atom. The number of ether oxygens (including phenoxy) is 1. The van der Waals surface area contributed by atoms with E-state index in [-0.39, 0.29) is 29.2 Å². The Morgan fingerprint density at radius 2 is 1.86 bits per heavy atom. The third-order valence-corrected chi connectivity index (χ3v) is 7.10. The average molecular weight is 458 g/mol. The van der Waals surface area contributed by atoms with E-state index in [1.54, 1.807) is 0 Å². The van der Waals surface area contributed by atoms with Crippen LogP contribution in [0.2, 0.25) is 0 Å². The molecular weight excluding hydrogens is 430 g/mol. The maximum absolute atomic E-state index is 13.3. The molecule has 1 aromatic carbocycles. The molecule has 0 spiro atoms. The van der Waals surface area contributed by atoms with Crippen molar-refractivity contribution < 1.29 is 14.3 Å². The standard InChI is InChI=1S/C24H28BrNO3/c1-14-20(23(28)29-15-8-4-5-9-15)21(16-10-6-7-11-17(16)25)22-18(26-14)12-24(2,3)13-19(22)27/h6-7,10-11,15,20-21H,4-5,8-9,12-13H2,1-3H3/t20?,21-/m0/s1. The topological polar surface area (TPSA) is 55.7 Å². The number of ketones is 1. The minimum absolute atomic E-state index is 0.00784. The molecule has 1 aliphatic heterocycles. The molecule has 0 bridgehead atoms. The lowest BCUT2D eigenvalue weighted by atomic mass is 9.67. The smallest absolute Gasteiger partial charge is 0.315 e. The molecule has 1 aromatic rings. The monoisotopic (exact) mass is 457 g/mol. The Kier molecular flexibility index (Phi) is 5.54. The van der Waals surface area contributed by atoms with Gasteiger partial charge in [0.1, 0.15) is 12.0 Å². The molecule has 29 heavy (non-hydrogen) atoms. The minimum Gasteiger partial charge on any atom is -0.462 e. The van der Waals surface area contributed by atoms with Gasteiger partial charge in [-0.15, -0.1) is 0 Å². The van der Waals surface area contributed by atoms with E-state index in [9.17, 15) is 9.59 Å². The van der Waals surface area contributed by atoms with E-state index in [1.165, 1.54) is 0 Å². The number of hydrogen-bond acceptors (Lipinski definition) is 4. The molecule has 0 saturated heterocycles. The van der Waals surface area contributed by atoms with E-state index in [0.29, 0.717) is 12.0 Å². The predicted molar refractivity (Wildman–Crippen MR) is 117 cm³/mol. The molecule has 1 fully saturated rings. The Balaban J connectivity index is 1.80. The average Bonchev–Trinajstić information content (AvgIpc) is 3.12. The van der Waals surface area contributed by atoms with Crippen LogP contribution in [0.1, 0.15) is 70.8 Å². The summed E-state index contributed by atoms with van der Waals surface area (Å²) in [6.07, 6.45) is 5.28. The third-order valence-electron chi connectivity index (χ3n) is 6.38. The Bertz CT molecular complexity index is 908. The number of carbonyl (C=O) groups excluding carboxylic acids is 2. The van der Waals surface area contributed by atoms with Gasteiger partial charge < -0.3 is 4.74 Å². The maximum Gasteiger partial charge on any atom is 0.315 e. The second kappa shape index (κ2) is 7.82. The molecule has 1 saturated carbocycles. The van der Waals surface area contributed by atoms with Crippen molar-refractivity contribution in [3.05, 3.63) is 45.6 Å². The second-order valence-corrected chi connectivity index (χ2v) is 10.2. The highest BCUT2D eigenvalue weighted by Crippen LogP contribution is 2.49. The molecule has 3 aliphatic rings. The predicted octanol–water partition coefficient (Wildman–Crippen LogP) is 5.75. The number of rotatable bonds is 3. The number of benzene rings is 1. The molecule has 0 aromatic heterocycles. The summed E-state index contributed by atoms with van der Waals surface area (Å²) in [5.41, 5.74) is 3.13. The molecule has 5 heteroatoms. The molecule has 4 nitrogen and oxygen atoms in total. The SMILES string of the molecule is CC1=NC2=C(C(=O)CC(C)(C)C2)[C@@H](c2ccccc2Br)C1C(=O)OC1CCCC1. The molecule has 1 heterocycles. The quantitative estimate of drug-likeness (QED) is 0.542. The highest BCUT2D eigenvalue weighted by Gasteiger charge is 2.46. The lowest BCUT2D eigenvalue weighted by Crippen LogP contribution is -2.40. The van der Waals surface area contributed by atoms with Crippen LogP contribution in [0.4, 0.5) is 0 Å². The molecule has 154 valence electrons. The molecule has 0 N–H and O–H groups in total. The van der Waals surface area contributed by atoms with Gasteiger partial charge in [0.2, 0.25) is 0 Å². The summed E-state index contributed by atoms with van der Waals surface area (Å²) in [7, 11) is 0. The minimum atomic E-state index is -0.557. The molecule has 0 radical (unpaired) electrons. The number of nitrogens with zero attached hydrogens (tertiary/aromatic N) is 1. The summed E-state index contributed by atoms with van der Waals surface area (Å²) >= 11 is 3.65. The lowest BCUT2D eigenvalue weighted by molar-refractivity contribution is -0.151. The third kappa shape index (κ3) is 3.98. The summed E-state index contributed by atoms with van der Waals surface area (Å²) in [4.78, 5) is 31.4. The first-order chi connectivity index (χ1) is 13.8. The van der Waals surface area contributed by atoms with Gasteiger partial charge in [-0.2, -0.15) is 0 Å². The van der Waals surface area contributed by atoms with Crippen LogP contribution in [0.3, 0.4) is 0 Å². The van der Waals surface area contributed by atoms with Gasteiger partial charge in [-0.1, -0.05) is 48.0 Å². The first-order valence-electron chi connectivity index (χ1n) is 10.5. The van der Waals surface area contributed by atoms with Crippen molar-refractivity contribution >= 4 is 33.4 Å². The zero-order chi connectivity index (χ0) is 20.8. The second-order valence-electron chi connectivity index (χ2n) is 9.37. The van der Waals surface area contributed by atoms with Gasteiger partial charge in [0.05, 0.1) is 0 Å². The van der Waals surface area contributed by atoms with E-state index in [0.717, 1.165) is 53.5 Å². The van der Waals surface area contributed by atoms with Crippen LogP contribution in [0, 0.1) is 11.3 Å². The van der Waals surface area contributed by atoms with Gasteiger partial charge in [-0.3, -0.25) is 14.6 Å². The van der Waals surface area contributed by atoms with Crippen LogP contribution in [0.15, 0.2) is 45.0 Å². The van der Waals surface area contributed by atoms with Gasteiger partial charge in [0.15, 0.2) is 5.78 Å². The van der Waals surface area contributed by atoms with Crippen molar-refractivity contribution in [1.82, 2.24) is 0 Å². The first-order valence-corrected chi connectivity index (χ1v) is 11.3. The number of aliphatic imine (C=N–C) groups is 1. The highest BCUT2D eigenvalue weighted by molar-refractivity contribution is 9.10. The molecule has 1 unspecified atom stereocenters. The summed E-state index contributed by atoms with van der Waals surface area (Å²) in [5, 5.41) is 0. The van der Waals surface area contributed by atoms with E-state index < -0.39 is 5.92 Å². The van der Waals surface area contributed by atoms with Crippen LogP contribution >= 0.6 is 15.9 Å². The summed E-state index contributed by atoms with van der Waals surface area (Å²) < 4.78 is 6.81. The van der Waals surface area contributed by atoms with Crippen molar-refractivity contribution in [2.24, 2.45) is 16.3 Å². The first kappa shape index (κ1) is 20.5. The van der Waals surface area contributed by atoms with Gasteiger partial charge >= 0.3 is 5.97 Å². The fourth-order valence-electron chi connectivity index (χ4n) is 5.06. The number of esters is 1. The number of hydrogen-bond donors (Lipinski definition) is 0. The normalized spacial score (nSPS) is 26.9. The molecule has 2 aliphatic carbocycles. The van der Waals surface area contributed by atoms with Crippen molar-refractivity contribution in [2.75, 3.05) is 0 Å². The number of carbonyl (C=O) groups is 2. The van der Waals surface area contributed by atoms with Crippen LogP contribution in [0.25, 0.3) is 0 Å². The Labute approximate surface area is 180 Å². The van der Waals surface area contributed by atoms with Gasteiger partial charge in [-0.25, -0.2) is 0 Å². The summed E-state index contributed by atoms with van der Waals surface area (Å²) in [6, 6.07) is 7.87. The lowest BCUT2D eigenvalue weighted by Gasteiger charge is -2.39. The largest absolute Gasteiger partial charge is 0.462 e. The van der Waals surface area contributed by atoms with Crippen LogP contribution in [-0.2, 0) is 14.3 Å². The summed E-state index contributed by atoms with van der Waals surface area (Å²) in [6.45, 7) is 6.11. The number of Topliss-reactive ketones (excluding diaryl/α,β-unsaturated/α-hetero) is 1. The van der Waals surface area contributed by atoms with Crippen LogP contribution in [0.5, 0.6) is 0 Å². The Hall–Kier alpha value is -1.75. The van der Waals surface area contributed by atoms with E-state index in [2.05, 4.69) is 29.8 Å². The van der Waals surface area contributed by atoms with Gasteiger partial charge in [0, 0.05) is 33.8 Å². The molecule has 4 rings (SSSR count). The van der Waals surface area contributed by atoms with Crippen molar-refractivity contribution in [2.45, 2.75) is 71.3 Å². The number of halogens is 1. The fourth-order valence-corrected chi connectivity index (χ4v) is 5.59. The number of allylic oxidation sites excluding steroid dienone is 2. The molecular formula is C24H28BrNO3. The zero-order valence-electron chi connectivity index (χ0n) is 17.3. The Morgan fingerprint density at radius 3 is 2.55 bits per heavy atom. The van der Waals surface area contributed by atoms with Crippen molar-refractivity contribution in [3.63, 3.8) is 0 Å². The summed E-state index contributed by atoms with van der Waals surface area (Å²) in [5.74, 6) is -1.05. The van der Waals surface area contributed by atoms with Gasteiger partial charge in [0.25, 0.3) is 0 Å². The van der Waals surface area contributed by atoms with E-state index in [1.807, 2.05) is 31.2 Å². The molecule has 0 amide bonds. The zero-order valence-corrected chi connectivity index (χ0v) is 18.9. The molecule has 2 atom stereocenters. The van der Waals surface area contributed by atoms with Gasteiger partial charge in [-0.05, 0) is 56.1 Å². The maximum atomic E-state index is 13.3. The van der Waals surface area contributed by atoms with Crippen molar-refractivity contribution in [3.8, 4) is 0 Å². The van der Waals surface area contributed by atoms with E-state index in [4.69, 9.17) is 9.73 Å². The van der Waals surface area contributed by atoms with Crippen LogP contribution < -0.4 is 0 Å². The van der Waals surface area contributed by atoms with Crippen LogP contribution in [-0.4, -0.2) is 23.6 Å². The van der Waals surface area contributed by atoms with E-state index >= 15 is 0 Å².